The van der Waals surface area contributed by atoms with Gasteiger partial charge in [0.2, 0.25) is 10.0 Å². The Bertz CT molecular complexity index is 711. The van der Waals surface area contributed by atoms with Crippen molar-refractivity contribution in [2.75, 3.05) is 14.1 Å². The summed E-state index contributed by atoms with van der Waals surface area (Å²) in [5.41, 5.74) is 3.56. The summed E-state index contributed by atoms with van der Waals surface area (Å²) in [6.07, 6.45) is 0. The van der Waals surface area contributed by atoms with Gasteiger partial charge in [0.25, 0.3) is 0 Å². The van der Waals surface area contributed by atoms with Gasteiger partial charge in [-0.25, -0.2) is 13.4 Å². The molecule has 0 aliphatic carbocycles. The highest BCUT2D eigenvalue weighted by Crippen LogP contribution is 2.21. The molecule has 0 atom stereocenters. The van der Waals surface area contributed by atoms with Gasteiger partial charge in [-0.15, -0.1) is 11.3 Å². The van der Waals surface area contributed by atoms with E-state index in [1.807, 2.05) is 20.0 Å². The van der Waals surface area contributed by atoms with E-state index in [0.29, 0.717) is 18.0 Å². The monoisotopic (exact) mass is 325 g/mol. The van der Waals surface area contributed by atoms with Crippen molar-refractivity contribution in [3.63, 3.8) is 0 Å². The zero-order chi connectivity index (χ0) is 15.5. The fourth-order valence-corrected chi connectivity index (χ4v) is 4.09. The molecular weight excluding hydrogens is 306 g/mol. The summed E-state index contributed by atoms with van der Waals surface area (Å²) in [6, 6.07) is 7.01. The van der Waals surface area contributed by atoms with E-state index in [4.69, 9.17) is 0 Å². The van der Waals surface area contributed by atoms with Gasteiger partial charge in [-0.05, 0) is 31.7 Å². The lowest BCUT2D eigenvalue weighted by molar-refractivity contribution is 0.468. The zero-order valence-electron chi connectivity index (χ0n) is 12.3. The van der Waals surface area contributed by atoms with Crippen LogP contribution in [0.1, 0.15) is 16.1 Å². The number of thiazole rings is 1. The van der Waals surface area contributed by atoms with Gasteiger partial charge in [-0.2, -0.15) is 4.31 Å². The lowest BCUT2D eigenvalue weighted by Crippen LogP contribution is -2.26. The first-order chi connectivity index (χ1) is 9.95. The third-order valence-electron chi connectivity index (χ3n) is 3.20. The van der Waals surface area contributed by atoms with Crippen LogP contribution in [-0.4, -0.2) is 31.8 Å². The second kappa shape index (κ2) is 6.65. The van der Waals surface area contributed by atoms with Gasteiger partial charge in [0, 0.05) is 25.0 Å². The molecule has 0 aliphatic heterocycles. The molecule has 0 amide bonds. The Hall–Kier alpha value is -1.28. The van der Waals surface area contributed by atoms with Crippen LogP contribution in [0, 0.1) is 6.92 Å². The first-order valence-electron chi connectivity index (χ1n) is 6.54. The van der Waals surface area contributed by atoms with Gasteiger partial charge in [-0.1, -0.05) is 12.1 Å². The molecule has 0 radical (unpaired) electrons. The number of rotatable bonds is 6. The van der Waals surface area contributed by atoms with E-state index in [1.54, 1.807) is 30.8 Å². The molecule has 2 aromatic rings. The smallest absolute Gasteiger partial charge is 0.243 e. The molecule has 0 unspecified atom stereocenters. The molecule has 114 valence electrons. The van der Waals surface area contributed by atoms with Crippen LogP contribution in [0.3, 0.4) is 0 Å². The van der Waals surface area contributed by atoms with Gasteiger partial charge in [-0.3, -0.25) is 0 Å². The van der Waals surface area contributed by atoms with Crippen LogP contribution in [0.4, 0.5) is 0 Å². The third-order valence-corrected chi connectivity index (χ3v) is 5.92. The minimum absolute atomic E-state index is 0.319. The zero-order valence-corrected chi connectivity index (χ0v) is 14.0. The van der Waals surface area contributed by atoms with E-state index in [1.165, 1.54) is 15.6 Å². The predicted octanol–water partition coefficient (Wildman–Crippen LogP) is 1.99. The van der Waals surface area contributed by atoms with Crippen molar-refractivity contribution in [3.05, 3.63) is 45.9 Å². The molecule has 1 aromatic heterocycles. The standard InChI is InChI=1S/C14H19N3O2S2/c1-11-14(20-10-16-11)9-17(3)21(18,19)13-6-4-5-12(7-13)8-15-2/h4-7,10,15H,8-9H2,1-3H3. The fourth-order valence-electron chi connectivity index (χ4n) is 1.97. The topological polar surface area (TPSA) is 62.3 Å². The van der Waals surface area contributed by atoms with Gasteiger partial charge in [0.1, 0.15) is 0 Å². The first kappa shape index (κ1) is 16.1. The Morgan fingerprint density at radius 3 is 2.76 bits per heavy atom. The van der Waals surface area contributed by atoms with Crippen molar-refractivity contribution >= 4 is 21.4 Å². The quantitative estimate of drug-likeness (QED) is 0.882. The predicted molar refractivity (Wildman–Crippen MR) is 84.7 cm³/mol. The van der Waals surface area contributed by atoms with Crippen LogP contribution >= 0.6 is 11.3 Å². The Morgan fingerprint density at radius 1 is 1.38 bits per heavy atom. The number of nitrogens with zero attached hydrogens (tertiary/aromatic N) is 2. The SMILES string of the molecule is CNCc1cccc(S(=O)(=O)N(C)Cc2scnc2C)c1. The van der Waals surface area contributed by atoms with Crippen molar-refractivity contribution in [2.45, 2.75) is 24.9 Å². The minimum atomic E-state index is -3.49. The molecule has 0 spiro atoms. The van der Waals surface area contributed by atoms with Crippen molar-refractivity contribution in [1.29, 1.82) is 0 Å². The summed E-state index contributed by atoms with van der Waals surface area (Å²) >= 11 is 1.47. The Balaban J connectivity index is 2.24. The Kier molecular flexibility index (Phi) is 5.10. The minimum Gasteiger partial charge on any atom is -0.316 e. The number of hydrogen-bond donors (Lipinski definition) is 1. The van der Waals surface area contributed by atoms with E-state index in [2.05, 4.69) is 10.3 Å². The van der Waals surface area contributed by atoms with E-state index in [9.17, 15) is 8.42 Å². The normalized spacial score (nSPS) is 12.0. The van der Waals surface area contributed by atoms with Gasteiger partial charge >= 0.3 is 0 Å². The highest BCUT2D eigenvalue weighted by molar-refractivity contribution is 7.89. The van der Waals surface area contributed by atoms with Crippen molar-refractivity contribution in [2.24, 2.45) is 0 Å². The number of benzene rings is 1. The molecule has 2 rings (SSSR count). The lowest BCUT2D eigenvalue weighted by atomic mass is 10.2. The molecule has 21 heavy (non-hydrogen) atoms. The number of nitrogens with one attached hydrogen (secondary N) is 1. The maximum atomic E-state index is 12.6. The van der Waals surface area contributed by atoms with E-state index in [0.717, 1.165) is 16.1 Å². The lowest BCUT2D eigenvalue weighted by Gasteiger charge is -2.17. The molecule has 0 saturated heterocycles. The summed E-state index contributed by atoms with van der Waals surface area (Å²) in [7, 11) is -0.0585. The van der Waals surface area contributed by atoms with Gasteiger partial charge in [0.15, 0.2) is 0 Å². The molecule has 1 heterocycles. The first-order valence-corrected chi connectivity index (χ1v) is 8.86. The average molecular weight is 325 g/mol. The molecule has 1 aromatic carbocycles. The summed E-state index contributed by atoms with van der Waals surface area (Å²) in [5, 5.41) is 3.02. The molecular formula is C14H19N3O2S2. The molecule has 1 N–H and O–H groups in total. The van der Waals surface area contributed by atoms with E-state index < -0.39 is 10.0 Å². The van der Waals surface area contributed by atoms with Gasteiger partial charge in [0.05, 0.1) is 16.1 Å². The largest absolute Gasteiger partial charge is 0.316 e. The van der Waals surface area contributed by atoms with Crippen LogP contribution < -0.4 is 5.32 Å². The van der Waals surface area contributed by atoms with Crippen LogP contribution in [0.5, 0.6) is 0 Å². The highest BCUT2D eigenvalue weighted by Gasteiger charge is 2.22. The number of aromatic nitrogens is 1. The van der Waals surface area contributed by atoms with E-state index in [-0.39, 0.29) is 0 Å². The number of sulfonamides is 1. The van der Waals surface area contributed by atoms with Crippen LogP contribution in [0.25, 0.3) is 0 Å². The van der Waals surface area contributed by atoms with Crippen molar-refractivity contribution in [3.8, 4) is 0 Å². The fraction of sp³-hybridized carbons (Fsp3) is 0.357. The highest BCUT2D eigenvalue weighted by atomic mass is 32.2. The molecule has 7 heteroatoms. The maximum Gasteiger partial charge on any atom is 0.243 e. The summed E-state index contributed by atoms with van der Waals surface area (Å²) < 4.78 is 26.6. The summed E-state index contributed by atoms with van der Waals surface area (Å²) in [6.45, 7) is 2.87. The summed E-state index contributed by atoms with van der Waals surface area (Å²) in [4.78, 5) is 5.44. The van der Waals surface area contributed by atoms with Crippen LogP contribution in [-0.2, 0) is 23.1 Å². The number of aryl methyl sites for hydroxylation is 1. The van der Waals surface area contributed by atoms with Crippen LogP contribution in [0.2, 0.25) is 0 Å². The van der Waals surface area contributed by atoms with Crippen LogP contribution in [0.15, 0.2) is 34.7 Å². The molecule has 0 saturated carbocycles. The molecule has 0 bridgehead atoms. The average Bonchev–Trinajstić information content (AvgIpc) is 2.85. The third kappa shape index (κ3) is 3.68. The van der Waals surface area contributed by atoms with Crippen molar-refractivity contribution < 1.29 is 8.42 Å². The van der Waals surface area contributed by atoms with Crippen molar-refractivity contribution in [1.82, 2.24) is 14.6 Å². The summed E-state index contributed by atoms with van der Waals surface area (Å²) in [5.74, 6) is 0. The second-order valence-corrected chi connectivity index (χ2v) is 7.78. The molecule has 0 fully saturated rings. The Labute approximate surface area is 129 Å². The van der Waals surface area contributed by atoms with E-state index >= 15 is 0 Å². The Morgan fingerprint density at radius 2 is 2.14 bits per heavy atom. The number of hydrogen-bond acceptors (Lipinski definition) is 5. The second-order valence-electron chi connectivity index (χ2n) is 4.80. The van der Waals surface area contributed by atoms with Gasteiger partial charge < -0.3 is 5.32 Å². The maximum absolute atomic E-state index is 12.6. The molecule has 5 nitrogen and oxygen atoms in total. The molecule has 0 aliphatic rings.